The number of carboxylic acids is 1. The maximum atomic E-state index is 10.9. The van der Waals surface area contributed by atoms with Crippen molar-refractivity contribution in [3.8, 4) is 0 Å². The Labute approximate surface area is 101 Å². The number of carbonyl (C=O) groups is 1. The molecule has 1 aliphatic heterocycles. The molecular formula is C12H19N3O2. The van der Waals surface area contributed by atoms with Crippen molar-refractivity contribution in [1.82, 2.24) is 14.9 Å². The van der Waals surface area contributed by atoms with Gasteiger partial charge in [-0.3, -0.25) is 10.1 Å². The van der Waals surface area contributed by atoms with E-state index in [0.29, 0.717) is 18.9 Å². The van der Waals surface area contributed by atoms with Crippen LogP contribution in [0.3, 0.4) is 0 Å². The molecule has 5 nitrogen and oxygen atoms in total. The third kappa shape index (κ3) is 2.66. The molecule has 1 aromatic heterocycles. The highest BCUT2D eigenvalue weighted by Gasteiger charge is 2.26. The fourth-order valence-corrected chi connectivity index (χ4v) is 2.07. The molecule has 0 amide bonds. The second-order valence-corrected chi connectivity index (χ2v) is 4.99. The topological polar surface area (TPSA) is 67.2 Å². The number of aryl methyl sites for hydroxylation is 1. The first-order valence-corrected chi connectivity index (χ1v) is 6.07. The number of fused-ring (bicyclic) bond motifs is 1. The molecule has 2 N–H and O–H groups in total. The number of nitrogens with one attached hydrogen (secondary N) is 1. The number of imidazole rings is 1. The minimum atomic E-state index is -0.799. The van der Waals surface area contributed by atoms with E-state index in [0.717, 1.165) is 24.4 Å². The van der Waals surface area contributed by atoms with Crippen molar-refractivity contribution in [3.05, 3.63) is 17.7 Å². The van der Waals surface area contributed by atoms with Gasteiger partial charge in [0.15, 0.2) is 0 Å². The van der Waals surface area contributed by atoms with Gasteiger partial charge in [0.1, 0.15) is 6.04 Å². The highest BCUT2D eigenvalue weighted by atomic mass is 16.4. The van der Waals surface area contributed by atoms with Crippen LogP contribution in [0.25, 0.3) is 0 Å². The van der Waals surface area contributed by atoms with Gasteiger partial charge in [-0.05, 0) is 12.3 Å². The summed E-state index contributed by atoms with van der Waals surface area (Å²) in [6.45, 7) is 5.95. The van der Waals surface area contributed by atoms with E-state index >= 15 is 0 Å². The van der Waals surface area contributed by atoms with Gasteiger partial charge in [-0.15, -0.1) is 0 Å². The third-order valence-corrected chi connectivity index (χ3v) is 3.19. The van der Waals surface area contributed by atoms with Crippen LogP contribution in [-0.2, 0) is 24.3 Å². The lowest BCUT2D eigenvalue weighted by Gasteiger charge is -2.21. The van der Waals surface area contributed by atoms with Crippen LogP contribution in [0, 0.1) is 5.92 Å². The molecule has 5 heteroatoms. The Kier molecular flexibility index (Phi) is 3.47. The van der Waals surface area contributed by atoms with Crippen molar-refractivity contribution in [2.24, 2.45) is 5.92 Å². The van der Waals surface area contributed by atoms with Crippen LogP contribution in [0.4, 0.5) is 0 Å². The molecule has 2 rings (SSSR count). The lowest BCUT2D eigenvalue weighted by molar-refractivity contribution is -0.139. The van der Waals surface area contributed by atoms with E-state index in [9.17, 15) is 4.79 Å². The molecule has 17 heavy (non-hydrogen) atoms. The van der Waals surface area contributed by atoms with Crippen molar-refractivity contribution in [2.75, 3.05) is 0 Å². The molecule has 2 heterocycles. The molecule has 1 unspecified atom stereocenters. The van der Waals surface area contributed by atoms with Gasteiger partial charge in [-0.2, -0.15) is 0 Å². The summed E-state index contributed by atoms with van der Waals surface area (Å²) >= 11 is 0. The quantitative estimate of drug-likeness (QED) is 0.820. The summed E-state index contributed by atoms with van der Waals surface area (Å²) in [5.41, 5.74) is 2.07. The van der Waals surface area contributed by atoms with Crippen LogP contribution in [0.1, 0.15) is 31.7 Å². The van der Waals surface area contributed by atoms with E-state index < -0.39 is 12.0 Å². The monoisotopic (exact) mass is 237 g/mol. The zero-order valence-corrected chi connectivity index (χ0v) is 10.3. The Balaban J connectivity index is 2.07. The molecule has 1 aliphatic rings. The number of hydrogen-bond donors (Lipinski definition) is 2. The second kappa shape index (κ2) is 4.87. The number of aromatic nitrogens is 2. The van der Waals surface area contributed by atoms with Gasteiger partial charge in [0.25, 0.3) is 0 Å². The maximum Gasteiger partial charge on any atom is 0.321 e. The van der Waals surface area contributed by atoms with E-state index in [1.165, 1.54) is 0 Å². The highest BCUT2D eigenvalue weighted by Crippen LogP contribution is 2.16. The minimum Gasteiger partial charge on any atom is -0.480 e. The van der Waals surface area contributed by atoms with Crippen LogP contribution in [0.2, 0.25) is 0 Å². The Bertz CT molecular complexity index is 412. The van der Waals surface area contributed by atoms with Crippen molar-refractivity contribution in [3.63, 3.8) is 0 Å². The predicted molar refractivity (Wildman–Crippen MR) is 63.6 cm³/mol. The predicted octanol–water partition coefficient (Wildman–Crippen LogP) is 1.03. The second-order valence-electron chi connectivity index (χ2n) is 4.99. The Morgan fingerprint density at radius 1 is 1.71 bits per heavy atom. The number of hydrogen-bond acceptors (Lipinski definition) is 3. The molecule has 0 aliphatic carbocycles. The van der Waals surface area contributed by atoms with Gasteiger partial charge in [0, 0.05) is 19.5 Å². The lowest BCUT2D eigenvalue weighted by Crippen LogP contribution is -2.42. The van der Waals surface area contributed by atoms with Crippen molar-refractivity contribution >= 4 is 5.97 Å². The Morgan fingerprint density at radius 3 is 3.12 bits per heavy atom. The molecule has 94 valence electrons. The number of carboxylic acid groups (broad SMARTS) is 1. The number of rotatable bonds is 4. The van der Waals surface area contributed by atoms with Crippen LogP contribution in [-0.4, -0.2) is 26.7 Å². The first-order valence-electron chi connectivity index (χ1n) is 6.07. The first kappa shape index (κ1) is 12.1. The van der Waals surface area contributed by atoms with Gasteiger partial charge >= 0.3 is 5.97 Å². The van der Waals surface area contributed by atoms with Crippen molar-refractivity contribution < 1.29 is 9.90 Å². The van der Waals surface area contributed by atoms with E-state index in [1.54, 1.807) is 0 Å². The molecule has 0 fully saturated rings. The van der Waals surface area contributed by atoms with Crippen LogP contribution >= 0.6 is 0 Å². The van der Waals surface area contributed by atoms with Gasteiger partial charge in [-0.25, -0.2) is 4.98 Å². The minimum absolute atomic E-state index is 0.485. The third-order valence-electron chi connectivity index (χ3n) is 3.19. The molecule has 0 bridgehead atoms. The van der Waals surface area contributed by atoms with Crippen LogP contribution in [0.15, 0.2) is 6.33 Å². The fraction of sp³-hybridized carbons (Fsp3) is 0.667. The van der Waals surface area contributed by atoms with Gasteiger partial charge in [0.2, 0.25) is 0 Å². The zero-order chi connectivity index (χ0) is 12.4. The lowest BCUT2D eigenvalue weighted by atomic mass is 10.1. The molecule has 0 aromatic carbocycles. The van der Waals surface area contributed by atoms with E-state index in [4.69, 9.17) is 5.11 Å². The van der Waals surface area contributed by atoms with Crippen molar-refractivity contribution in [1.29, 1.82) is 0 Å². The number of aliphatic carboxylic acids is 1. The van der Waals surface area contributed by atoms with E-state index in [1.807, 2.05) is 6.33 Å². The van der Waals surface area contributed by atoms with Gasteiger partial charge < -0.3 is 9.67 Å². The molecular weight excluding hydrogens is 218 g/mol. The largest absolute Gasteiger partial charge is 0.480 e. The van der Waals surface area contributed by atoms with E-state index in [2.05, 4.69) is 28.7 Å². The molecule has 0 spiro atoms. The summed E-state index contributed by atoms with van der Waals surface area (Å²) in [5.74, 6) is -0.135. The van der Waals surface area contributed by atoms with Crippen molar-refractivity contribution in [2.45, 2.75) is 45.8 Å². The number of nitrogens with zero attached hydrogens (tertiary/aromatic N) is 2. The normalized spacial score (nSPS) is 19.4. The summed E-state index contributed by atoms with van der Waals surface area (Å²) in [6, 6.07) is -0.490. The molecule has 1 aromatic rings. The summed E-state index contributed by atoms with van der Waals surface area (Å²) < 4.78 is 2.14. The SMILES string of the molecule is CC(C)CCn1cnc2c1CNC(C(=O)O)C2. The molecule has 1 atom stereocenters. The standard InChI is InChI=1S/C12H19N3O2/c1-8(2)3-4-15-7-14-9-5-10(12(16)17)13-6-11(9)15/h7-8,10,13H,3-6H2,1-2H3,(H,16,17). The average molecular weight is 237 g/mol. The van der Waals surface area contributed by atoms with Crippen LogP contribution in [0.5, 0.6) is 0 Å². The average Bonchev–Trinajstić information content (AvgIpc) is 2.68. The summed E-state index contributed by atoms with van der Waals surface area (Å²) in [7, 11) is 0. The highest BCUT2D eigenvalue weighted by molar-refractivity contribution is 5.74. The summed E-state index contributed by atoms with van der Waals surface area (Å²) in [5, 5.41) is 12.0. The maximum absolute atomic E-state index is 10.9. The molecule has 0 saturated carbocycles. The zero-order valence-electron chi connectivity index (χ0n) is 10.3. The van der Waals surface area contributed by atoms with Gasteiger partial charge in [-0.1, -0.05) is 13.8 Å². The fourth-order valence-electron chi connectivity index (χ4n) is 2.07. The summed E-state index contributed by atoms with van der Waals surface area (Å²) in [6.07, 6.45) is 3.43. The molecule has 0 saturated heterocycles. The van der Waals surface area contributed by atoms with Gasteiger partial charge in [0.05, 0.1) is 17.7 Å². The van der Waals surface area contributed by atoms with Crippen LogP contribution < -0.4 is 5.32 Å². The van der Waals surface area contributed by atoms with E-state index in [-0.39, 0.29) is 0 Å². The smallest absolute Gasteiger partial charge is 0.321 e. The Morgan fingerprint density at radius 2 is 2.47 bits per heavy atom. The molecule has 0 radical (unpaired) electrons. The Hall–Kier alpha value is -1.36. The summed E-state index contributed by atoms with van der Waals surface area (Å²) in [4.78, 5) is 15.2. The first-order chi connectivity index (χ1) is 8.08.